The molecule has 0 N–H and O–H groups in total. The predicted octanol–water partition coefficient (Wildman–Crippen LogP) is 0.809. The molecule has 0 aromatic carbocycles. The van der Waals surface area contributed by atoms with Gasteiger partial charge in [-0.25, -0.2) is 0 Å². The van der Waals surface area contributed by atoms with Crippen LogP contribution in [0.4, 0.5) is 0 Å². The van der Waals surface area contributed by atoms with E-state index in [0.29, 0.717) is 11.1 Å². The lowest BCUT2D eigenvalue weighted by Gasteiger charge is -2.12. The van der Waals surface area contributed by atoms with Gasteiger partial charge in [0, 0.05) is 17.3 Å². The van der Waals surface area contributed by atoms with Gasteiger partial charge in [-0.2, -0.15) is 0 Å². The Morgan fingerprint density at radius 1 is 1.60 bits per heavy atom. The number of nitrogens with zero attached hydrogens (tertiary/aromatic N) is 1. The average Bonchev–Trinajstić information content (AvgIpc) is 2.69. The number of fused-ring (bicyclic) bond motifs is 1. The molecule has 2 aliphatic rings. The molecular formula is C11H9NO3. The van der Waals surface area contributed by atoms with Crippen LogP contribution in [-0.2, 0) is 14.3 Å². The molecular weight excluding hydrogens is 194 g/mol. The third-order valence-corrected chi connectivity index (χ3v) is 2.34. The van der Waals surface area contributed by atoms with Gasteiger partial charge in [-0.05, 0) is 6.08 Å². The molecule has 76 valence electrons. The maximum Gasteiger partial charge on any atom is 0.316 e. The Hall–Kier alpha value is -1.97. The summed E-state index contributed by atoms with van der Waals surface area (Å²) in [5, 5.41) is 0. The molecule has 0 bridgehead atoms. The van der Waals surface area contributed by atoms with E-state index in [9.17, 15) is 9.59 Å². The smallest absolute Gasteiger partial charge is 0.316 e. The van der Waals surface area contributed by atoms with Gasteiger partial charge >= 0.3 is 5.97 Å². The fourth-order valence-corrected chi connectivity index (χ4v) is 1.55. The van der Waals surface area contributed by atoms with Crippen molar-refractivity contribution >= 4 is 18.0 Å². The van der Waals surface area contributed by atoms with Crippen LogP contribution in [-0.4, -0.2) is 25.1 Å². The topological polar surface area (TPSA) is 55.7 Å². The summed E-state index contributed by atoms with van der Waals surface area (Å²) in [6, 6.07) is 0. The molecule has 0 saturated heterocycles. The predicted molar refractivity (Wildman–Crippen MR) is 54.3 cm³/mol. The van der Waals surface area contributed by atoms with Crippen LogP contribution in [0.25, 0.3) is 0 Å². The van der Waals surface area contributed by atoms with Gasteiger partial charge in [-0.15, -0.1) is 0 Å². The lowest BCUT2D eigenvalue weighted by Crippen LogP contribution is -2.17. The number of allylic oxidation sites excluding steroid dienone is 3. The van der Waals surface area contributed by atoms with Crippen LogP contribution in [0.2, 0.25) is 0 Å². The summed E-state index contributed by atoms with van der Waals surface area (Å²) in [4.78, 5) is 26.0. The molecule has 0 unspecified atom stereocenters. The van der Waals surface area contributed by atoms with Crippen molar-refractivity contribution in [2.45, 2.75) is 0 Å². The highest BCUT2D eigenvalue weighted by atomic mass is 16.5. The number of carbonyl (C=O) groups is 2. The molecule has 4 heteroatoms. The van der Waals surface area contributed by atoms with Gasteiger partial charge in [0.25, 0.3) is 0 Å². The van der Waals surface area contributed by atoms with Gasteiger partial charge in [-0.3, -0.25) is 14.6 Å². The third-order valence-electron chi connectivity index (χ3n) is 2.34. The number of aliphatic imine (C=N–C) groups is 1. The summed E-state index contributed by atoms with van der Waals surface area (Å²) < 4.78 is 4.62. The van der Waals surface area contributed by atoms with Crippen molar-refractivity contribution in [2.24, 2.45) is 10.9 Å². The minimum atomic E-state index is -0.426. The summed E-state index contributed by atoms with van der Waals surface area (Å²) in [6.45, 7) is 0. The average molecular weight is 203 g/mol. The van der Waals surface area contributed by atoms with Crippen molar-refractivity contribution < 1.29 is 14.3 Å². The summed E-state index contributed by atoms with van der Waals surface area (Å²) >= 11 is 0. The third kappa shape index (κ3) is 1.54. The van der Waals surface area contributed by atoms with Crippen molar-refractivity contribution in [3.8, 4) is 0 Å². The normalized spacial score (nSPS) is 22.5. The minimum Gasteiger partial charge on any atom is -0.468 e. The molecule has 0 spiro atoms. The van der Waals surface area contributed by atoms with E-state index in [0.717, 1.165) is 12.0 Å². The molecule has 15 heavy (non-hydrogen) atoms. The van der Waals surface area contributed by atoms with E-state index in [-0.39, 0.29) is 5.97 Å². The van der Waals surface area contributed by atoms with E-state index in [1.165, 1.54) is 13.3 Å². The number of ether oxygens (including phenoxy) is 1. The second-order valence-electron chi connectivity index (χ2n) is 3.21. The van der Waals surface area contributed by atoms with Crippen LogP contribution in [0.5, 0.6) is 0 Å². The zero-order chi connectivity index (χ0) is 10.8. The Balaban J connectivity index is 2.31. The number of aldehydes is 1. The minimum absolute atomic E-state index is 0.338. The van der Waals surface area contributed by atoms with Gasteiger partial charge in [0.05, 0.1) is 18.7 Å². The first kappa shape index (κ1) is 9.58. The fourth-order valence-electron chi connectivity index (χ4n) is 1.55. The van der Waals surface area contributed by atoms with E-state index in [1.54, 1.807) is 18.2 Å². The number of hydrogen-bond acceptors (Lipinski definition) is 4. The lowest BCUT2D eigenvalue weighted by molar-refractivity contribution is -0.142. The van der Waals surface area contributed by atoms with Gasteiger partial charge in [0.2, 0.25) is 0 Å². The van der Waals surface area contributed by atoms with Crippen molar-refractivity contribution in [2.75, 3.05) is 7.11 Å². The maximum absolute atomic E-state index is 11.3. The first-order valence-corrected chi connectivity index (χ1v) is 4.48. The molecule has 0 amide bonds. The van der Waals surface area contributed by atoms with E-state index in [4.69, 9.17) is 0 Å². The van der Waals surface area contributed by atoms with Gasteiger partial charge in [-0.1, -0.05) is 12.2 Å². The molecule has 1 aliphatic carbocycles. The molecule has 0 fully saturated rings. The van der Waals surface area contributed by atoms with Crippen LogP contribution in [0.3, 0.4) is 0 Å². The van der Waals surface area contributed by atoms with Gasteiger partial charge in [0.1, 0.15) is 0 Å². The quantitative estimate of drug-likeness (QED) is 0.493. The van der Waals surface area contributed by atoms with E-state index >= 15 is 0 Å². The van der Waals surface area contributed by atoms with E-state index in [1.807, 2.05) is 0 Å². The van der Waals surface area contributed by atoms with Crippen LogP contribution >= 0.6 is 0 Å². The Bertz CT molecular complexity index is 427. The first-order valence-electron chi connectivity index (χ1n) is 4.48. The van der Waals surface area contributed by atoms with Crippen LogP contribution < -0.4 is 0 Å². The highest BCUT2D eigenvalue weighted by Gasteiger charge is 2.24. The second kappa shape index (κ2) is 3.65. The zero-order valence-electron chi connectivity index (χ0n) is 8.14. The molecule has 0 aromatic heterocycles. The summed E-state index contributed by atoms with van der Waals surface area (Å²) in [7, 11) is 1.34. The molecule has 0 aromatic rings. The molecule has 2 rings (SSSR count). The molecule has 0 radical (unpaired) electrons. The highest BCUT2D eigenvalue weighted by molar-refractivity contribution is 6.19. The van der Waals surface area contributed by atoms with Crippen molar-refractivity contribution in [1.29, 1.82) is 0 Å². The monoisotopic (exact) mass is 203 g/mol. The standard InChI is InChI=1S/C11H9NO3/c1-15-11(14)7-2-3-10-9(4-7)8(6-13)5-12-10/h2-7H,1H3/t7-/m1/s1. The van der Waals surface area contributed by atoms with Crippen molar-refractivity contribution in [3.63, 3.8) is 0 Å². The fraction of sp³-hybridized carbons (Fsp3) is 0.182. The SMILES string of the molecule is COC(=O)[C@@H]1C=CC2=NC=C(C=O)C2=C1. The summed E-state index contributed by atoms with van der Waals surface area (Å²) in [5.41, 5.74) is 1.93. The van der Waals surface area contributed by atoms with Crippen molar-refractivity contribution in [3.05, 3.63) is 35.6 Å². The molecule has 0 saturated carbocycles. The van der Waals surface area contributed by atoms with Crippen LogP contribution in [0.15, 0.2) is 40.6 Å². The number of esters is 1. The first-order chi connectivity index (χ1) is 7.26. The summed E-state index contributed by atoms with van der Waals surface area (Å²) in [5.74, 6) is -0.764. The number of methoxy groups -OCH3 is 1. The Kier molecular flexibility index (Phi) is 2.33. The number of hydrogen-bond donors (Lipinski definition) is 0. The lowest BCUT2D eigenvalue weighted by atomic mass is 9.93. The second-order valence-corrected chi connectivity index (χ2v) is 3.21. The number of rotatable bonds is 2. The van der Waals surface area contributed by atoms with Crippen LogP contribution in [0.1, 0.15) is 0 Å². The zero-order valence-corrected chi connectivity index (χ0v) is 8.14. The Morgan fingerprint density at radius 2 is 2.40 bits per heavy atom. The largest absolute Gasteiger partial charge is 0.468 e. The maximum atomic E-state index is 11.3. The highest BCUT2D eigenvalue weighted by Crippen LogP contribution is 2.25. The Morgan fingerprint density at radius 3 is 3.07 bits per heavy atom. The molecule has 1 atom stereocenters. The van der Waals surface area contributed by atoms with Crippen LogP contribution in [0, 0.1) is 5.92 Å². The molecule has 1 aliphatic heterocycles. The number of carbonyl (C=O) groups excluding carboxylic acids is 2. The van der Waals surface area contributed by atoms with Crippen molar-refractivity contribution in [1.82, 2.24) is 0 Å². The Labute approximate surface area is 86.6 Å². The summed E-state index contributed by atoms with van der Waals surface area (Å²) in [6.07, 6.45) is 7.35. The van der Waals surface area contributed by atoms with E-state index < -0.39 is 5.92 Å². The van der Waals surface area contributed by atoms with Gasteiger partial charge < -0.3 is 4.74 Å². The molecule has 1 heterocycles. The molecule has 4 nitrogen and oxygen atoms in total. The van der Waals surface area contributed by atoms with E-state index in [2.05, 4.69) is 9.73 Å². The van der Waals surface area contributed by atoms with Gasteiger partial charge in [0.15, 0.2) is 6.29 Å².